The molecule has 1 rings (SSSR count). The van der Waals surface area contributed by atoms with Gasteiger partial charge in [0.1, 0.15) is 0 Å². The Bertz CT molecular complexity index is 218. The minimum atomic E-state index is -0.323. The topological polar surface area (TPSA) is 3.88 Å². The summed E-state index contributed by atoms with van der Waals surface area (Å²) in [7, 11) is 0. The van der Waals surface area contributed by atoms with E-state index in [0.29, 0.717) is 0 Å². The van der Waals surface area contributed by atoms with Crippen molar-refractivity contribution in [2.75, 3.05) is 0 Å². The fraction of sp³-hybridized carbons (Fsp3) is 0.125. The SMILES string of the molecule is C=C(F)C[n+]1ccccc1. The van der Waals surface area contributed by atoms with Crippen LogP contribution in [0.15, 0.2) is 43.0 Å². The second-order valence-corrected chi connectivity index (χ2v) is 2.07. The Morgan fingerprint density at radius 2 is 1.90 bits per heavy atom. The summed E-state index contributed by atoms with van der Waals surface area (Å²) in [5.41, 5.74) is 0. The summed E-state index contributed by atoms with van der Waals surface area (Å²) >= 11 is 0. The Labute approximate surface area is 59.4 Å². The lowest BCUT2D eigenvalue weighted by atomic mass is 10.4. The molecule has 0 aliphatic rings. The Balaban J connectivity index is 2.67. The monoisotopic (exact) mass is 138 g/mol. The van der Waals surface area contributed by atoms with Gasteiger partial charge in [-0.15, -0.1) is 0 Å². The first kappa shape index (κ1) is 6.93. The summed E-state index contributed by atoms with van der Waals surface area (Å²) in [6.07, 6.45) is 3.59. The third-order valence-electron chi connectivity index (χ3n) is 1.13. The maximum atomic E-state index is 12.2. The zero-order valence-electron chi connectivity index (χ0n) is 5.63. The molecule has 10 heavy (non-hydrogen) atoms. The third kappa shape index (κ3) is 1.97. The second kappa shape index (κ2) is 3.11. The van der Waals surface area contributed by atoms with E-state index in [2.05, 4.69) is 6.58 Å². The quantitative estimate of drug-likeness (QED) is 0.545. The predicted octanol–water partition coefficient (Wildman–Crippen LogP) is 1.46. The molecule has 1 aromatic heterocycles. The normalized spacial score (nSPS) is 9.30. The van der Waals surface area contributed by atoms with Crippen molar-refractivity contribution in [3.63, 3.8) is 0 Å². The highest BCUT2D eigenvalue weighted by atomic mass is 19.1. The average Bonchev–Trinajstić information content (AvgIpc) is 1.88. The van der Waals surface area contributed by atoms with Crippen LogP contribution in [-0.2, 0) is 6.54 Å². The summed E-state index contributed by atoms with van der Waals surface area (Å²) in [6.45, 7) is 3.41. The number of rotatable bonds is 2. The molecule has 0 amide bonds. The Morgan fingerprint density at radius 3 is 2.40 bits per heavy atom. The molecule has 52 valence electrons. The Kier molecular flexibility index (Phi) is 2.15. The van der Waals surface area contributed by atoms with Crippen LogP contribution in [0.2, 0.25) is 0 Å². The number of aromatic nitrogens is 1. The van der Waals surface area contributed by atoms with Gasteiger partial charge in [-0.25, -0.2) is 4.39 Å². The summed E-state index contributed by atoms with van der Waals surface area (Å²) in [5, 5.41) is 0. The van der Waals surface area contributed by atoms with Crippen molar-refractivity contribution in [2.45, 2.75) is 6.54 Å². The van der Waals surface area contributed by atoms with Crippen LogP contribution in [-0.4, -0.2) is 0 Å². The largest absolute Gasteiger partial charge is 0.205 e. The van der Waals surface area contributed by atoms with Crippen molar-refractivity contribution in [3.8, 4) is 0 Å². The molecule has 0 spiro atoms. The number of pyridine rings is 1. The fourth-order valence-electron chi connectivity index (χ4n) is 0.738. The van der Waals surface area contributed by atoms with E-state index in [0.717, 1.165) is 0 Å². The van der Waals surface area contributed by atoms with Gasteiger partial charge < -0.3 is 0 Å². The molecule has 0 aliphatic carbocycles. The lowest BCUT2D eigenvalue weighted by molar-refractivity contribution is -0.690. The van der Waals surface area contributed by atoms with E-state index in [1.54, 1.807) is 17.0 Å². The summed E-state index contributed by atoms with van der Waals surface area (Å²) in [5.74, 6) is -0.323. The molecule has 0 N–H and O–H groups in total. The van der Waals surface area contributed by atoms with E-state index >= 15 is 0 Å². The lowest BCUT2D eigenvalue weighted by Gasteiger charge is -1.89. The van der Waals surface area contributed by atoms with E-state index < -0.39 is 0 Å². The maximum absolute atomic E-state index is 12.2. The van der Waals surface area contributed by atoms with Crippen LogP contribution in [0.5, 0.6) is 0 Å². The molecular formula is C8H9FN+. The molecule has 0 radical (unpaired) electrons. The third-order valence-corrected chi connectivity index (χ3v) is 1.13. The van der Waals surface area contributed by atoms with E-state index in [9.17, 15) is 4.39 Å². The number of halogens is 1. The van der Waals surface area contributed by atoms with Gasteiger partial charge >= 0.3 is 0 Å². The first-order valence-corrected chi connectivity index (χ1v) is 3.06. The minimum Gasteiger partial charge on any atom is -0.205 e. The van der Waals surface area contributed by atoms with Crippen LogP contribution in [0.4, 0.5) is 4.39 Å². The molecule has 0 aliphatic heterocycles. The molecule has 0 atom stereocenters. The van der Waals surface area contributed by atoms with E-state index in [1.165, 1.54) is 0 Å². The zero-order chi connectivity index (χ0) is 7.40. The molecule has 1 aromatic rings. The van der Waals surface area contributed by atoms with E-state index in [4.69, 9.17) is 0 Å². The standard InChI is InChI=1S/C8H9FN/c1-8(9)7-10-5-3-2-4-6-10/h2-6H,1,7H2/q+1. The first-order valence-electron chi connectivity index (χ1n) is 3.06. The Hall–Kier alpha value is -1.18. The smallest absolute Gasteiger partial charge is 0.199 e. The van der Waals surface area contributed by atoms with Crippen LogP contribution in [0.25, 0.3) is 0 Å². The van der Waals surface area contributed by atoms with Crippen molar-refractivity contribution in [1.29, 1.82) is 0 Å². The molecule has 0 fully saturated rings. The van der Waals surface area contributed by atoms with Gasteiger partial charge in [0.2, 0.25) is 0 Å². The predicted molar refractivity (Wildman–Crippen MR) is 36.9 cm³/mol. The number of hydrogen-bond acceptors (Lipinski definition) is 0. The van der Waals surface area contributed by atoms with Crippen molar-refractivity contribution in [2.24, 2.45) is 0 Å². The highest BCUT2D eigenvalue weighted by Gasteiger charge is 1.98. The summed E-state index contributed by atoms with van der Waals surface area (Å²) in [6, 6.07) is 5.59. The zero-order valence-corrected chi connectivity index (χ0v) is 5.63. The molecule has 1 heterocycles. The van der Waals surface area contributed by atoms with Crippen LogP contribution in [0, 0.1) is 0 Å². The van der Waals surface area contributed by atoms with Gasteiger partial charge in [0.05, 0.1) is 0 Å². The molecular weight excluding hydrogens is 129 g/mol. The molecule has 0 saturated heterocycles. The summed E-state index contributed by atoms with van der Waals surface area (Å²) in [4.78, 5) is 0. The molecule has 0 aromatic carbocycles. The van der Waals surface area contributed by atoms with Crippen LogP contribution < -0.4 is 4.57 Å². The van der Waals surface area contributed by atoms with Crippen molar-refractivity contribution < 1.29 is 8.96 Å². The molecule has 0 unspecified atom stereocenters. The highest BCUT2D eigenvalue weighted by Crippen LogP contribution is 1.88. The summed E-state index contributed by atoms with van der Waals surface area (Å²) < 4.78 is 13.9. The van der Waals surface area contributed by atoms with E-state index in [-0.39, 0.29) is 12.4 Å². The molecule has 1 nitrogen and oxygen atoms in total. The van der Waals surface area contributed by atoms with Gasteiger partial charge in [-0.3, -0.25) is 0 Å². The van der Waals surface area contributed by atoms with Gasteiger partial charge in [0, 0.05) is 12.1 Å². The number of hydrogen-bond donors (Lipinski definition) is 0. The van der Waals surface area contributed by atoms with Gasteiger partial charge in [0.25, 0.3) is 0 Å². The Morgan fingerprint density at radius 1 is 1.30 bits per heavy atom. The van der Waals surface area contributed by atoms with Crippen LogP contribution in [0.3, 0.4) is 0 Å². The molecule has 0 saturated carbocycles. The van der Waals surface area contributed by atoms with E-state index in [1.807, 2.05) is 18.2 Å². The van der Waals surface area contributed by atoms with Gasteiger partial charge in [-0.1, -0.05) is 12.6 Å². The number of nitrogens with zero attached hydrogens (tertiary/aromatic N) is 1. The lowest BCUT2D eigenvalue weighted by Crippen LogP contribution is -2.32. The second-order valence-electron chi connectivity index (χ2n) is 2.07. The van der Waals surface area contributed by atoms with Crippen molar-refractivity contribution in [1.82, 2.24) is 0 Å². The van der Waals surface area contributed by atoms with Gasteiger partial charge in [-0.05, 0) is 0 Å². The average molecular weight is 138 g/mol. The van der Waals surface area contributed by atoms with Crippen LogP contribution in [0.1, 0.15) is 0 Å². The molecule has 2 heteroatoms. The van der Waals surface area contributed by atoms with Crippen molar-refractivity contribution >= 4 is 0 Å². The highest BCUT2D eigenvalue weighted by molar-refractivity contribution is 4.84. The number of allylic oxidation sites excluding steroid dienone is 1. The maximum Gasteiger partial charge on any atom is 0.199 e. The van der Waals surface area contributed by atoms with Crippen LogP contribution >= 0.6 is 0 Å². The van der Waals surface area contributed by atoms with Gasteiger partial charge in [-0.2, -0.15) is 4.57 Å². The first-order chi connectivity index (χ1) is 4.79. The van der Waals surface area contributed by atoms with Gasteiger partial charge in [0.15, 0.2) is 24.8 Å². The van der Waals surface area contributed by atoms with Crippen molar-refractivity contribution in [3.05, 3.63) is 43.0 Å². The minimum absolute atomic E-state index is 0.251. The molecule has 0 bridgehead atoms. The fourth-order valence-corrected chi connectivity index (χ4v) is 0.738.